The van der Waals surface area contributed by atoms with Gasteiger partial charge in [-0.2, -0.15) is 0 Å². The van der Waals surface area contributed by atoms with Gasteiger partial charge in [0.25, 0.3) is 0 Å². The third kappa shape index (κ3) is 21.9. The van der Waals surface area contributed by atoms with Crippen LogP contribution in [-0.2, 0) is 12.8 Å². The van der Waals surface area contributed by atoms with E-state index in [4.69, 9.17) is 0 Å². The van der Waals surface area contributed by atoms with Crippen molar-refractivity contribution in [1.29, 1.82) is 0 Å². The van der Waals surface area contributed by atoms with Gasteiger partial charge in [-0.1, -0.05) is 133 Å². The van der Waals surface area contributed by atoms with Crippen molar-refractivity contribution in [2.75, 3.05) is 0 Å². The summed E-state index contributed by atoms with van der Waals surface area (Å²) >= 11 is 0. The normalized spacial score (nSPS) is 8.81. The molecule has 0 spiro atoms. The van der Waals surface area contributed by atoms with Gasteiger partial charge >= 0.3 is 0 Å². The van der Waals surface area contributed by atoms with Gasteiger partial charge in [-0.25, -0.2) is 0 Å². The fraction of sp³-hybridized carbons (Fsp3) is 0.407. The lowest BCUT2D eigenvalue weighted by Crippen LogP contribution is -1.73. The number of rotatable bonds is 4. The van der Waals surface area contributed by atoms with Gasteiger partial charge in [-0.15, -0.1) is 0 Å². The van der Waals surface area contributed by atoms with Gasteiger partial charge in [0, 0.05) is 0 Å². The molecule has 0 unspecified atom stereocenters. The van der Waals surface area contributed by atoms with Gasteiger partial charge in [0.15, 0.2) is 0 Å². The molecular weight excluding hydrogens is 324 g/mol. The minimum atomic E-state index is 1.13. The molecule has 0 saturated heterocycles. The zero-order chi connectivity index (χ0) is 21.3. The van der Waals surface area contributed by atoms with E-state index in [0.717, 1.165) is 19.3 Å². The smallest absolute Gasteiger partial charge is 0.0307 e. The summed E-state index contributed by atoms with van der Waals surface area (Å²) in [5.41, 5.74) is 4.20. The molecule has 0 heteroatoms. The highest BCUT2D eigenvalue weighted by atomic mass is 13.9. The van der Waals surface area contributed by atoms with Crippen LogP contribution in [0.25, 0.3) is 0 Å². The lowest BCUT2D eigenvalue weighted by Gasteiger charge is -1.89. The maximum absolute atomic E-state index is 3.57. The first-order valence-electron chi connectivity index (χ1n) is 10.5. The molecule has 0 heterocycles. The molecule has 0 N–H and O–H groups in total. The number of aryl methyl sites for hydroxylation is 2. The molecule has 0 saturated carbocycles. The third-order valence-corrected chi connectivity index (χ3v) is 3.46. The Morgan fingerprint density at radius 2 is 1.04 bits per heavy atom. The molecule has 0 radical (unpaired) electrons. The maximum Gasteiger partial charge on any atom is -0.0307 e. The van der Waals surface area contributed by atoms with Crippen LogP contribution < -0.4 is 0 Å². The number of allylic oxidation sites excluding steroid dienone is 3. The summed E-state index contributed by atoms with van der Waals surface area (Å²) in [5.74, 6) is 0. The molecular formula is C27H44. The first-order valence-corrected chi connectivity index (χ1v) is 10.5. The van der Waals surface area contributed by atoms with Crippen molar-refractivity contribution in [3.63, 3.8) is 0 Å². The molecule has 0 amide bonds. The van der Waals surface area contributed by atoms with Crippen molar-refractivity contribution in [2.24, 2.45) is 0 Å². The summed E-state index contributed by atoms with van der Waals surface area (Å²) in [6.07, 6.45) is 7.26. The van der Waals surface area contributed by atoms with Crippen LogP contribution in [0.15, 0.2) is 85.0 Å². The fourth-order valence-corrected chi connectivity index (χ4v) is 1.75. The van der Waals surface area contributed by atoms with Crippen LogP contribution in [0.5, 0.6) is 0 Å². The summed E-state index contributed by atoms with van der Waals surface area (Å²) in [4.78, 5) is 0. The zero-order valence-electron chi connectivity index (χ0n) is 19.3. The molecule has 2 rings (SSSR count). The van der Waals surface area contributed by atoms with Crippen molar-refractivity contribution >= 4 is 0 Å². The lowest BCUT2D eigenvalue weighted by atomic mass is 10.2. The van der Waals surface area contributed by atoms with Crippen molar-refractivity contribution in [3.05, 3.63) is 96.1 Å². The second-order valence-electron chi connectivity index (χ2n) is 5.28. The molecule has 0 fully saturated rings. The predicted octanol–water partition coefficient (Wildman–Crippen LogP) is 9.08. The van der Waals surface area contributed by atoms with Gasteiger partial charge in [0.2, 0.25) is 0 Å². The van der Waals surface area contributed by atoms with Crippen LogP contribution in [0.1, 0.15) is 72.9 Å². The highest BCUT2D eigenvalue weighted by Gasteiger charge is 1.80. The quantitative estimate of drug-likeness (QED) is 0.472. The van der Waals surface area contributed by atoms with Crippen LogP contribution in [0.3, 0.4) is 0 Å². The summed E-state index contributed by atoms with van der Waals surface area (Å²) in [5, 5.41) is 0. The van der Waals surface area contributed by atoms with E-state index >= 15 is 0 Å². The second kappa shape index (κ2) is 26.2. The third-order valence-electron chi connectivity index (χ3n) is 3.46. The van der Waals surface area contributed by atoms with E-state index in [1.807, 2.05) is 52.0 Å². The SMILES string of the molecule is C=C/C=C(\C)CC.CC.CC.CCc1ccccc1.CCc1ccccc1. The van der Waals surface area contributed by atoms with Crippen molar-refractivity contribution in [2.45, 2.75) is 74.7 Å². The van der Waals surface area contributed by atoms with Crippen LogP contribution in [0.2, 0.25) is 0 Å². The van der Waals surface area contributed by atoms with Crippen LogP contribution >= 0.6 is 0 Å². The largest absolute Gasteiger partial charge is 0.0991 e. The Morgan fingerprint density at radius 3 is 1.19 bits per heavy atom. The molecule has 0 bridgehead atoms. The Bertz CT molecular complexity index is 481. The van der Waals surface area contributed by atoms with Gasteiger partial charge in [-0.05, 0) is 37.3 Å². The molecule has 0 aliphatic heterocycles. The zero-order valence-corrected chi connectivity index (χ0v) is 19.3. The van der Waals surface area contributed by atoms with E-state index in [1.54, 1.807) is 0 Å². The molecule has 0 nitrogen and oxygen atoms in total. The lowest BCUT2D eigenvalue weighted by molar-refractivity contribution is 1.10. The van der Waals surface area contributed by atoms with Crippen LogP contribution in [-0.4, -0.2) is 0 Å². The van der Waals surface area contributed by atoms with E-state index < -0.39 is 0 Å². The summed E-state index contributed by atoms with van der Waals surface area (Å²) < 4.78 is 0. The van der Waals surface area contributed by atoms with Crippen molar-refractivity contribution in [3.8, 4) is 0 Å². The minimum Gasteiger partial charge on any atom is -0.0991 e. The molecule has 152 valence electrons. The Hall–Kier alpha value is -2.08. The first kappa shape index (κ1) is 29.7. The summed E-state index contributed by atoms with van der Waals surface area (Å²) in [7, 11) is 0. The number of hydrogen-bond acceptors (Lipinski definition) is 0. The van der Waals surface area contributed by atoms with E-state index in [0.29, 0.717) is 0 Å². The molecule has 27 heavy (non-hydrogen) atoms. The van der Waals surface area contributed by atoms with E-state index in [2.05, 4.69) is 82.8 Å². The van der Waals surface area contributed by atoms with Gasteiger partial charge in [0.1, 0.15) is 0 Å². The molecule has 0 aromatic heterocycles. The average Bonchev–Trinajstić information content (AvgIpc) is 2.78. The topological polar surface area (TPSA) is 0 Å². The minimum absolute atomic E-state index is 1.13. The van der Waals surface area contributed by atoms with Gasteiger partial charge in [-0.3, -0.25) is 0 Å². The molecule has 0 aliphatic carbocycles. The van der Waals surface area contributed by atoms with Gasteiger partial charge in [0.05, 0.1) is 0 Å². The summed E-state index contributed by atoms with van der Waals surface area (Å²) in [6, 6.07) is 20.9. The highest BCUT2D eigenvalue weighted by Crippen LogP contribution is 1.97. The Balaban J connectivity index is -0.000000293. The molecule has 2 aromatic carbocycles. The van der Waals surface area contributed by atoms with E-state index in [1.165, 1.54) is 16.7 Å². The maximum atomic E-state index is 3.57. The predicted molar refractivity (Wildman–Crippen MR) is 129 cm³/mol. The number of hydrogen-bond donors (Lipinski definition) is 0. The average molecular weight is 369 g/mol. The first-order chi connectivity index (χ1) is 13.2. The van der Waals surface area contributed by atoms with Crippen molar-refractivity contribution < 1.29 is 0 Å². The second-order valence-corrected chi connectivity index (χ2v) is 5.28. The van der Waals surface area contributed by atoms with E-state index in [9.17, 15) is 0 Å². The van der Waals surface area contributed by atoms with E-state index in [-0.39, 0.29) is 0 Å². The molecule has 0 aliphatic rings. The van der Waals surface area contributed by atoms with Crippen LogP contribution in [0, 0.1) is 0 Å². The molecule has 0 atom stereocenters. The standard InChI is InChI=1S/2C8H10.C7H12.2C2H6/c2*1-2-8-6-4-3-5-7-8;1-4-6-7(3)5-2;2*1-2/h2*3-7H,2H2,1H3;4,6H,1,5H2,2-3H3;2*1-2H3/b;;7-6+;;. The van der Waals surface area contributed by atoms with Gasteiger partial charge < -0.3 is 0 Å². The Labute approximate surface area is 171 Å². The van der Waals surface area contributed by atoms with Crippen molar-refractivity contribution in [1.82, 2.24) is 0 Å². The highest BCUT2D eigenvalue weighted by molar-refractivity contribution is 5.14. The molecule has 2 aromatic rings. The monoisotopic (exact) mass is 368 g/mol. The Kier molecular flexibility index (Phi) is 28.7. The Morgan fingerprint density at radius 1 is 0.704 bits per heavy atom. The summed E-state index contributed by atoms with van der Waals surface area (Å²) in [6.45, 7) is 20.1. The number of benzene rings is 2. The fourth-order valence-electron chi connectivity index (χ4n) is 1.75. The van der Waals surface area contributed by atoms with Crippen LogP contribution in [0.4, 0.5) is 0 Å².